The Morgan fingerprint density at radius 3 is 1.38 bits per heavy atom. The number of hydrogen-bond donors (Lipinski definition) is 2. The molecule has 0 saturated heterocycles. The predicted octanol–water partition coefficient (Wildman–Crippen LogP) is 4.95. The number of carbonyl (C=O) groups is 2. The van der Waals surface area contributed by atoms with Gasteiger partial charge in [0.25, 0.3) is 0 Å². The monoisotopic (exact) mass is 490 g/mol. The maximum atomic E-state index is 11.9. The summed E-state index contributed by atoms with van der Waals surface area (Å²) in [5.41, 5.74) is 6.79. The number of nitrogens with zero attached hydrogens (tertiary/aromatic N) is 2. The van der Waals surface area contributed by atoms with Gasteiger partial charge in [-0.2, -0.15) is 10.2 Å². The van der Waals surface area contributed by atoms with Gasteiger partial charge in [0.15, 0.2) is 0 Å². The maximum absolute atomic E-state index is 11.9. The van der Waals surface area contributed by atoms with E-state index in [1.54, 1.807) is 36.0 Å². The van der Waals surface area contributed by atoms with Crippen LogP contribution in [0.5, 0.6) is 0 Å². The molecule has 2 amide bonds. The molecule has 0 unspecified atom stereocenters. The first-order valence-corrected chi connectivity index (χ1v) is 12.8. The first-order chi connectivity index (χ1) is 16.7. The fourth-order valence-electron chi connectivity index (χ4n) is 2.69. The molecule has 0 atom stereocenters. The molecule has 2 N–H and O–H groups in total. The Bertz CT molecular complexity index is 1000. The molecule has 3 rings (SSSR count). The second-order valence-corrected chi connectivity index (χ2v) is 9.41. The van der Waals surface area contributed by atoms with E-state index in [-0.39, 0.29) is 11.8 Å². The van der Waals surface area contributed by atoms with E-state index >= 15 is 0 Å². The smallest absolute Gasteiger partial charge is 0.240 e. The summed E-state index contributed by atoms with van der Waals surface area (Å²) >= 11 is 3.28. The molecule has 0 radical (unpaired) electrons. The maximum Gasteiger partial charge on any atom is 0.240 e. The highest BCUT2D eigenvalue weighted by molar-refractivity contribution is 7.99. The minimum absolute atomic E-state index is 0.124. The Morgan fingerprint density at radius 1 is 0.618 bits per heavy atom. The van der Waals surface area contributed by atoms with Crippen LogP contribution in [0.2, 0.25) is 0 Å². The normalized spacial score (nSPS) is 11.1. The fraction of sp³-hybridized carbons (Fsp3) is 0.154. The van der Waals surface area contributed by atoms with Crippen LogP contribution in [0, 0.1) is 0 Å². The SMILES string of the molecule is O=C(CCSc1ccccc1)NN=Cc1ccc(C=NNC(=O)CCSc2ccccc2)cc1. The first-order valence-electron chi connectivity index (χ1n) is 10.8. The van der Waals surface area contributed by atoms with Gasteiger partial charge in [0.05, 0.1) is 12.4 Å². The van der Waals surface area contributed by atoms with Gasteiger partial charge in [-0.15, -0.1) is 23.5 Å². The van der Waals surface area contributed by atoms with Crippen molar-refractivity contribution < 1.29 is 9.59 Å². The summed E-state index contributed by atoms with van der Waals surface area (Å²) in [4.78, 5) is 26.1. The van der Waals surface area contributed by atoms with Crippen molar-refractivity contribution in [2.75, 3.05) is 11.5 Å². The highest BCUT2D eigenvalue weighted by Gasteiger charge is 2.01. The minimum Gasteiger partial charge on any atom is -0.273 e. The molecule has 0 aliphatic heterocycles. The van der Waals surface area contributed by atoms with Crippen LogP contribution in [0.1, 0.15) is 24.0 Å². The molecule has 3 aromatic rings. The zero-order valence-electron chi connectivity index (χ0n) is 18.6. The lowest BCUT2D eigenvalue weighted by atomic mass is 10.2. The Hall–Kier alpha value is -3.36. The molecule has 0 aliphatic rings. The lowest BCUT2D eigenvalue weighted by Gasteiger charge is -2.01. The van der Waals surface area contributed by atoms with Crippen LogP contribution in [-0.4, -0.2) is 35.7 Å². The van der Waals surface area contributed by atoms with E-state index in [0.717, 1.165) is 20.9 Å². The Labute approximate surface area is 208 Å². The van der Waals surface area contributed by atoms with Crippen LogP contribution in [0.3, 0.4) is 0 Å². The lowest BCUT2D eigenvalue weighted by Crippen LogP contribution is -2.18. The number of amides is 2. The number of rotatable bonds is 12. The van der Waals surface area contributed by atoms with Crippen molar-refractivity contribution in [2.45, 2.75) is 22.6 Å². The van der Waals surface area contributed by atoms with Crippen LogP contribution in [0.15, 0.2) is 105 Å². The van der Waals surface area contributed by atoms with Crippen molar-refractivity contribution in [3.05, 3.63) is 96.1 Å². The summed E-state index contributed by atoms with van der Waals surface area (Å²) in [7, 11) is 0. The minimum atomic E-state index is -0.124. The summed E-state index contributed by atoms with van der Waals surface area (Å²) < 4.78 is 0. The van der Waals surface area contributed by atoms with E-state index in [9.17, 15) is 9.59 Å². The summed E-state index contributed by atoms with van der Waals surface area (Å²) in [6.45, 7) is 0. The van der Waals surface area contributed by atoms with Gasteiger partial charge >= 0.3 is 0 Å². The van der Waals surface area contributed by atoms with E-state index in [4.69, 9.17) is 0 Å². The second kappa shape index (κ2) is 14.7. The van der Waals surface area contributed by atoms with Crippen LogP contribution < -0.4 is 10.9 Å². The highest BCUT2D eigenvalue weighted by Crippen LogP contribution is 2.18. The summed E-state index contributed by atoms with van der Waals surface area (Å²) in [6.07, 6.45) is 3.97. The molecule has 174 valence electrons. The van der Waals surface area contributed by atoms with E-state index in [1.165, 1.54) is 0 Å². The lowest BCUT2D eigenvalue weighted by molar-refractivity contribution is -0.121. The number of nitrogens with one attached hydrogen (secondary N) is 2. The van der Waals surface area contributed by atoms with Gasteiger partial charge in [0, 0.05) is 34.1 Å². The molecule has 0 saturated carbocycles. The quantitative estimate of drug-likeness (QED) is 0.214. The largest absolute Gasteiger partial charge is 0.273 e. The average molecular weight is 491 g/mol. The molecule has 34 heavy (non-hydrogen) atoms. The van der Waals surface area contributed by atoms with Crippen molar-refractivity contribution in [3.8, 4) is 0 Å². The summed E-state index contributed by atoms with van der Waals surface area (Å²) in [5, 5.41) is 8.01. The van der Waals surface area contributed by atoms with Gasteiger partial charge in [-0.25, -0.2) is 10.9 Å². The molecular formula is C26H26N4O2S2. The van der Waals surface area contributed by atoms with E-state index in [1.807, 2.05) is 84.9 Å². The number of carbonyl (C=O) groups excluding carboxylic acids is 2. The molecular weight excluding hydrogens is 464 g/mol. The van der Waals surface area contributed by atoms with Gasteiger partial charge in [-0.3, -0.25) is 9.59 Å². The van der Waals surface area contributed by atoms with E-state index in [2.05, 4.69) is 21.1 Å². The van der Waals surface area contributed by atoms with Gasteiger partial charge < -0.3 is 0 Å². The molecule has 0 spiro atoms. The van der Waals surface area contributed by atoms with Crippen molar-refractivity contribution >= 4 is 47.8 Å². The van der Waals surface area contributed by atoms with E-state index < -0.39 is 0 Å². The van der Waals surface area contributed by atoms with Crippen LogP contribution >= 0.6 is 23.5 Å². The Morgan fingerprint density at radius 2 is 1.00 bits per heavy atom. The van der Waals surface area contributed by atoms with Gasteiger partial charge in [0.2, 0.25) is 11.8 Å². The second-order valence-electron chi connectivity index (χ2n) is 7.08. The average Bonchev–Trinajstić information content (AvgIpc) is 2.86. The number of hydrazone groups is 2. The van der Waals surface area contributed by atoms with Crippen molar-refractivity contribution in [1.29, 1.82) is 0 Å². The van der Waals surface area contributed by atoms with Crippen molar-refractivity contribution in [1.82, 2.24) is 10.9 Å². The number of hydrogen-bond acceptors (Lipinski definition) is 6. The van der Waals surface area contributed by atoms with E-state index in [0.29, 0.717) is 24.3 Å². The number of benzene rings is 3. The van der Waals surface area contributed by atoms with Gasteiger partial charge in [-0.05, 0) is 35.4 Å². The highest BCUT2D eigenvalue weighted by atomic mass is 32.2. The zero-order chi connectivity index (χ0) is 23.8. The Kier molecular flexibility index (Phi) is 10.9. The topological polar surface area (TPSA) is 82.9 Å². The molecule has 0 fully saturated rings. The van der Waals surface area contributed by atoms with Crippen molar-refractivity contribution in [2.24, 2.45) is 10.2 Å². The van der Waals surface area contributed by atoms with Gasteiger partial charge in [-0.1, -0.05) is 60.7 Å². The third-order valence-corrected chi connectivity index (χ3v) is 6.45. The van der Waals surface area contributed by atoms with Crippen molar-refractivity contribution in [3.63, 3.8) is 0 Å². The number of thioether (sulfide) groups is 2. The molecule has 0 aliphatic carbocycles. The van der Waals surface area contributed by atoms with Gasteiger partial charge in [0.1, 0.15) is 0 Å². The van der Waals surface area contributed by atoms with Crippen LogP contribution in [0.4, 0.5) is 0 Å². The molecule has 8 heteroatoms. The van der Waals surface area contributed by atoms with Crippen LogP contribution in [0.25, 0.3) is 0 Å². The molecule has 0 aromatic heterocycles. The summed E-state index contributed by atoms with van der Waals surface area (Å²) in [5.74, 6) is 1.14. The molecule has 0 heterocycles. The molecule has 3 aromatic carbocycles. The summed E-state index contributed by atoms with van der Waals surface area (Å²) in [6, 6.07) is 27.4. The fourth-order valence-corrected chi connectivity index (χ4v) is 4.44. The third kappa shape index (κ3) is 10.1. The Balaban J connectivity index is 1.31. The molecule has 0 bridgehead atoms. The van der Waals surface area contributed by atoms with Crippen LogP contribution in [-0.2, 0) is 9.59 Å². The standard InChI is InChI=1S/C26H26N4O2S2/c31-25(15-17-33-23-7-3-1-4-8-23)29-27-19-21-11-13-22(14-12-21)20-28-30-26(32)16-18-34-24-9-5-2-6-10-24/h1-14,19-20H,15-18H2,(H,29,31)(H,30,32). The first kappa shape index (κ1) is 25.3. The molecule has 6 nitrogen and oxygen atoms in total. The zero-order valence-corrected chi connectivity index (χ0v) is 20.2. The predicted molar refractivity (Wildman–Crippen MR) is 141 cm³/mol. The third-order valence-electron chi connectivity index (χ3n) is 4.42.